The van der Waals surface area contributed by atoms with Gasteiger partial charge in [0.05, 0.1) is 5.92 Å². The first-order valence-corrected chi connectivity index (χ1v) is 5.54. The minimum atomic E-state index is -0.715. The molecule has 0 amide bonds. The summed E-state index contributed by atoms with van der Waals surface area (Å²) in [7, 11) is 0. The third-order valence-electron chi connectivity index (χ3n) is 3.22. The predicted octanol–water partition coefficient (Wildman–Crippen LogP) is 0.875. The van der Waals surface area contributed by atoms with Gasteiger partial charge in [-0.1, -0.05) is 0 Å². The van der Waals surface area contributed by atoms with Crippen molar-refractivity contribution in [2.24, 2.45) is 5.92 Å². The van der Waals surface area contributed by atoms with Crippen molar-refractivity contribution in [3.8, 4) is 0 Å². The highest BCUT2D eigenvalue weighted by atomic mass is 16.4. The molecule has 84 valence electrons. The molecule has 2 fully saturated rings. The smallest absolute Gasteiger partial charge is 0.310 e. The molecule has 1 aliphatic heterocycles. The van der Waals surface area contributed by atoms with E-state index in [0.29, 0.717) is 19.0 Å². The minimum Gasteiger partial charge on any atom is -0.481 e. The van der Waals surface area contributed by atoms with Crippen LogP contribution < -0.4 is 4.90 Å². The van der Waals surface area contributed by atoms with Crippen LogP contribution in [0.1, 0.15) is 24.5 Å². The highest BCUT2D eigenvalue weighted by molar-refractivity contribution is 5.74. The zero-order valence-electron chi connectivity index (χ0n) is 8.83. The SMILES string of the molecule is O=C(O)C1CN(c2cc(C3CC3)ncn2)C1. The molecule has 5 nitrogen and oxygen atoms in total. The highest BCUT2D eigenvalue weighted by Gasteiger charge is 2.34. The van der Waals surface area contributed by atoms with Crippen LogP contribution in [0.4, 0.5) is 5.82 Å². The van der Waals surface area contributed by atoms with Crippen LogP contribution in [0, 0.1) is 5.92 Å². The Morgan fingerprint density at radius 2 is 2.12 bits per heavy atom. The van der Waals surface area contributed by atoms with Crippen LogP contribution in [0.3, 0.4) is 0 Å². The van der Waals surface area contributed by atoms with Gasteiger partial charge in [0.1, 0.15) is 12.1 Å². The fraction of sp³-hybridized carbons (Fsp3) is 0.545. The molecule has 0 bridgehead atoms. The summed E-state index contributed by atoms with van der Waals surface area (Å²) >= 11 is 0. The summed E-state index contributed by atoms with van der Waals surface area (Å²) in [5.74, 6) is 0.528. The Bertz CT molecular complexity index is 425. The van der Waals surface area contributed by atoms with Crippen molar-refractivity contribution in [2.75, 3.05) is 18.0 Å². The second-order valence-corrected chi connectivity index (χ2v) is 4.52. The van der Waals surface area contributed by atoms with Gasteiger partial charge < -0.3 is 10.0 Å². The van der Waals surface area contributed by atoms with E-state index in [1.54, 1.807) is 6.33 Å². The van der Waals surface area contributed by atoms with Gasteiger partial charge in [0.25, 0.3) is 0 Å². The third kappa shape index (κ3) is 1.62. The Morgan fingerprint density at radius 3 is 2.75 bits per heavy atom. The van der Waals surface area contributed by atoms with Gasteiger partial charge in [-0.2, -0.15) is 0 Å². The van der Waals surface area contributed by atoms with Gasteiger partial charge in [-0.05, 0) is 12.8 Å². The van der Waals surface area contributed by atoms with Crippen molar-refractivity contribution in [2.45, 2.75) is 18.8 Å². The summed E-state index contributed by atoms with van der Waals surface area (Å²) in [5.41, 5.74) is 1.10. The van der Waals surface area contributed by atoms with Crippen LogP contribution in [0.15, 0.2) is 12.4 Å². The number of carboxylic acids is 1. The van der Waals surface area contributed by atoms with Crippen molar-refractivity contribution >= 4 is 11.8 Å². The normalized spacial score (nSPS) is 20.6. The molecule has 2 aliphatic rings. The molecule has 1 aromatic rings. The van der Waals surface area contributed by atoms with E-state index in [0.717, 1.165) is 11.5 Å². The lowest BCUT2D eigenvalue weighted by molar-refractivity contribution is -0.142. The maximum Gasteiger partial charge on any atom is 0.310 e. The van der Waals surface area contributed by atoms with E-state index < -0.39 is 5.97 Å². The average Bonchev–Trinajstić information content (AvgIpc) is 2.98. The van der Waals surface area contributed by atoms with Crippen molar-refractivity contribution in [1.29, 1.82) is 0 Å². The minimum absolute atomic E-state index is 0.237. The summed E-state index contributed by atoms with van der Waals surface area (Å²) in [6.07, 6.45) is 4.01. The third-order valence-corrected chi connectivity index (χ3v) is 3.22. The number of rotatable bonds is 3. The highest BCUT2D eigenvalue weighted by Crippen LogP contribution is 2.39. The fourth-order valence-electron chi connectivity index (χ4n) is 1.96. The number of nitrogens with zero attached hydrogens (tertiary/aromatic N) is 3. The maximum atomic E-state index is 10.7. The summed E-state index contributed by atoms with van der Waals surface area (Å²) in [6, 6.07) is 2.00. The van der Waals surface area contributed by atoms with Gasteiger partial charge in [-0.25, -0.2) is 9.97 Å². The topological polar surface area (TPSA) is 66.3 Å². The van der Waals surface area contributed by atoms with E-state index in [1.165, 1.54) is 12.8 Å². The van der Waals surface area contributed by atoms with Crippen LogP contribution in [0.25, 0.3) is 0 Å². The number of aliphatic carboxylic acids is 1. The lowest BCUT2D eigenvalue weighted by Crippen LogP contribution is -2.50. The molecule has 0 radical (unpaired) electrons. The first-order chi connectivity index (χ1) is 7.74. The second-order valence-electron chi connectivity index (χ2n) is 4.52. The largest absolute Gasteiger partial charge is 0.481 e. The molecule has 0 atom stereocenters. The number of carbonyl (C=O) groups is 1. The second kappa shape index (κ2) is 3.43. The molecule has 3 rings (SSSR count). The quantitative estimate of drug-likeness (QED) is 0.817. The molecule has 0 spiro atoms. The number of anilines is 1. The Labute approximate surface area is 93.1 Å². The van der Waals surface area contributed by atoms with Crippen molar-refractivity contribution in [3.63, 3.8) is 0 Å². The van der Waals surface area contributed by atoms with Crippen molar-refractivity contribution < 1.29 is 9.90 Å². The van der Waals surface area contributed by atoms with Gasteiger partial charge in [-0.3, -0.25) is 4.79 Å². The van der Waals surface area contributed by atoms with E-state index in [9.17, 15) is 4.79 Å². The molecule has 16 heavy (non-hydrogen) atoms. The Morgan fingerprint density at radius 1 is 1.38 bits per heavy atom. The standard InChI is InChI=1S/C11H13N3O2/c15-11(16)8-4-14(5-8)10-3-9(7-1-2-7)12-6-13-10/h3,6-8H,1-2,4-5H2,(H,15,16). The number of carboxylic acid groups (broad SMARTS) is 1. The van der Waals surface area contributed by atoms with Gasteiger partial charge in [0.15, 0.2) is 0 Å². The molecular formula is C11H13N3O2. The van der Waals surface area contributed by atoms with Crippen LogP contribution in [0.5, 0.6) is 0 Å². The maximum absolute atomic E-state index is 10.7. The van der Waals surface area contributed by atoms with E-state index in [-0.39, 0.29) is 5.92 Å². The Kier molecular flexibility index (Phi) is 2.05. The van der Waals surface area contributed by atoms with E-state index >= 15 is 0 Å². The van der Waals surface area contributed by atoms with Gasteiger partial charge >= 0.3 is 5.97 Å². The van der Waals surface area contributed by atoms with Crippen molar-refractivity contribution in [3.05, 3.63) is 18.1 Å². The first kappa shape index (κ1) is 9.57. The molecule has 5 heteroatoms. The molecular weight excluding hydrogens is 206 g/mol. The monoisotopic (exact) mass is 219 g/mol. The van der Waals surface area contributed by atoms with Gasteiger partial charge in [0, 0.05) is 30.8 Å². The molecule has 1 aliphatic carbocycles. The van der Waals surface area contributed by atoms with E-state index in [2.05, 4.69) is 9.97 Å². The van der Waals surface area contributed by atoms with E-state index in [4.69, 9.17) is 5.11 Å². The Balaban J connectivity index is 1.71. The Hall–Kier alpha value is -1.65. The lowest BCUT2D eigenvalue weighted by Gasteiger charge is -2.37. The molecule has 2 heterocycles. The first-order valence-electron chi connectivity index (χ1n) is 5.54. The van der Waals surface area contributed by atoms with Crippen LogP contribution in [0.2, 0.25) is 0 Å². The molecule has 0 unspecified atom stereocenters. The lowest BCUT2D eigenvalue weighted by atomic mass is 10.0. The average molecular weight is 219 g/mol. The summed E-state index contributed by atoms with van der Waals surface area (Å²) in [4.78, 5) is 21.1. The molecule has 1 aromatic heterocycles. The zero-order chi connectivity index (χ0) is 11.1. The molecule has 0 aromatic carbocycles. The predicted molar refractivity (Wildman–Crippen MR) is 57.3 cm³/mol. The molecule has 1 saturated heterocycles. The summed E-state index contributed by atoms with van der Waals surface area (Å²) in [6.45, 7) is 1.13. The summed E-state index contributed by atoms with van der Waals surface area (Å²) in [5, 5.41) is 8.79. The van der Waals surface area contributed by atoms with Crippen LogP contribution in [-0.2, 0) is 4.79 Å². The number of aromatic nitrogens is 2. The summed E-state index contributed by atoms with van der Waals surface area (Å²) < 4.78 is 0. The zero-order valence-corrected chi connectivity index (χ0v) is 8.83. The van der Waals surface area contributed by atoms with Crippen LogP contribution >= 0.6 is 0 Å². The van der Waals surface area contributed by atoms with Gasteiger partial charge in [-0.15, -0.1) is 0 Å². The number of hydrogen-bond acceptors (Lipinski definition) is 4. The molecule has 1 N–H and O–H groups in total. The molecule has 1 saturated carbocycles. The van der Waals surface area contributed by atoms with Gasteiger partial charge in [0.2, 0.25) is 0 Å². The van der Waals surface area contributed by atoms with E-state index in [1.807, 2.05) is 11.0 Å². The number of hydrogen-bond donors (Lipinski definition) is 1. The van der Waals surface area contributed by atoms with Crippen molar-refractivity contribution in [1.82, 2.24) is 9.97 Å². The fourth-order valence-corrected chi connectivity index (χ4v) is 1.96. The van der Waals surface area contributed by atoms with Crippen LogP contribution in [-0.4, -0.2) is 34.1 Å².